The molecule has 0 aliphatic rings. The van der Waals surface area contributed by atoms with E-state index in [2.05, 4.69) is 21.5 Å². The Morgan fingerprint density at radius 2 is 2.23 bits per heavy atom. The summed E-state index contributed by atoms with van der Waals surface area (Å²) in [4.78, 5) is 4.27. The maximum atomic E-state index is 5.21. The van der Waals surface area contributed by atoms with Crippen molar-refractivity contribution in [3.63, 3.8) is 0 Å². The average molecular weight is 170 g/mol. The van der Waals surface area contributed by atoms with Crippen LogP contribution in [0.1, 0.15) is 6.42 Å². The number of terminal acetylenes is 1. The zero-order chi connectivity index (χ0) is 9.10. The molecule has 0 saturated heterocycles. The number of imidazole rings is 1. The summed E-state index contributed by atoms with van der Waals surface area (Å²) in [6.45, 7) is 0.844. The third-order valence-electron chi connectivity index (χ3n) is 2.02. The van der Waals surface area contributed by atoms with Crippen LogP contribution in [0.4, 0.5) is 0 Å². The van der Waals surface area contributed by atoms with Crippen molar-refractivity contribution >= 4 is 11.0 Å². The van der Waals surface area contributed by atoms with Crippen LogP contribution >= 0.6 is 0 Å². The number of aromatic nitrogens is 2. The highest BCUT2D eigenvalue weighted by Gasteiger charge is 1.98. The van der Waals surface area contributed by atoms with E-state index in [1.54, 1.807) is 0 Å². The van der Waals surface area contributed by atoms with E-state index in [0.717, 1.165) is 24.0 Å². The standard InChI is InChI=1S/C11H10N2/c1-2-3-8-13-9-12-10-6-4-5-7-11(10)13/h1,4-7,9H,3,8H2. The summed E-state index contributed by atoms with van der Waals surface area (Å²) < 4.78 is 2.08. The number of para-hydroxylation sites is 2. The normalized spacial score (nSPS) is 10.1. The summed E-state index contributed by atoms with van der Waals surface area (Å²) in [5.41, 5.74) is 2.18. The molecule has 0 saturated carbocycles. The van der Waals surface area contributed by atoms with Gasteiger partial charge in [0.25, 0.3) is 0 Å². The Bertz CT molecular complexity index is 448. The predicted octanol–water partition coefficient (Wildman–Crippen LogP) is 2.06. The lowest BCUT2D eigenvalue weighted by Crippen LogP contribution is -1.93. The third kappa shape index (κ3) is 1.41. The molecule has 0 atom stereocenters. The van der Waals surface area contributed by atoms with Crippen molar-refractivity contribution in [1.82, 2.24) is 9.55 Å². The molecule has 13 heavy (non-hydrogen) atoms. The van der Waals surface area contributed by atoms with Gasteiger partial charge in [0.15, 0.2) is 0 Å². The van der Waals surface area contributed by atoms with Crippen molar-refractivity contribution < 1.29 is 0 Å². The Hall–Kier alpha value is -1.75. The molecule has 0 aliphatic carbocycles. The average Bonchev–Trinajstić information content (AvgIpc) is 2.58. The van der Waals surface area contributed by atoms with Crippen LogP contribution in [0.3, 0.4) is 0 Å². The van der Waals surface area contributed by atoms with Crippen LogP contribution in [0, 0.1) is 12.3 Å². The molecule has 0 unspecified atom stereocenters. The molecule has 0 fully saturated rings. The molecule has 2 rings (SSSR count). The Balaban J connectivity index is 2.41. The first-order chi connectivity index (χ1) is 6.42. The first kappa shape index (κ1) is 7.88. The van der Waals surface area contributed by atoms with Crippen LogP contribution in [0.2, 0.25) is 0 Å². The molecule has 0 N–H and O–H groups in total. The Morgan fingerprint density at radius 3 is 3.08 bits per heavy atom. The van der Waals surface area contributed by atoms with Crippen LogP contribution in [-0.4, -0.2) is 9.55 Å². The van der Waals surface area contributed by atoms with E-state index in [4.69, 9.17) is 6.42 Å². The van der Waals surface area contributed by atoms with Gasteiger partial charge >= 0.3 is 0 Å². The van der Waals surface area contributed by atoms with Crippen molar-refractivity contribution in [1.29, 1.82) is 0 Å². The molecule has 0 amide bonds. The highest BCUT2D eigenvalue weighted by molar-refractivity contribution is 5.74. The fourth-order valence-electron chi connectivity index (χ4n) is 1.37. The summed E-state index contributed by atoms with van der Waals surface area (Å²) in [5.74, 6) is 2.62. The van der Waals surface area contributed by atoms with Gasteiger partial charge in [-0.3, -0.25) is 0 Å². The monoisotopic (exact) mass is 170 g/mol. The largest absolute Gasteiger partial charge is 0.330 e. The van der Waals surface area contributed by atoms with Crippen LogP contribution in [0.15, 0.2) is 30.6 Å². The van der Waals surface area contributed by atoms with E-state index >= 15 is 0 Å². The van der Waals surface area contributed by atoms with Gasteiger partial charge in [-0.15, -0.1) is 12.3 Å². The summed E-state index contributed by atoms with van der Waals surface area (Å²) >= 11 is 0. The number of rotatable bonds is 2. The van der Waals surface area contributed by atoms with Crippen molar-refractivity contribution in [2.45, 2.75) is 13.0 Å². The number of aryl methyl sites for hydroxylation is 1. The second kappa shape index (κ2) is 3.32. The van der Waals surface area contributed by atoms with E-state index in [9.17, 15) is 0 Å². The van der Waals surface area contributed by atoms with E-state index < -0.39 is 0 Å². The Kier molecular flexibility index (Phi) is 2.01. The fourth-order valence-corrected chi connectivity index (χ4v) is 1.37. The second-order valence-electron chi connectivity index (χ2n) is 2.88. The Labute approximate surface area is 77.2 Å². The predicted molar refractivity (Wildman–Crippen MR) is 53.2 cm³/mol. The lowest BCUT2D eigenvalue weighted by atomic mass is 10.3. The zero-order valence-corrected chi connectivity index (χ0v) is 7.27. The smallest absolute Gasteiger partial charge is 0.0958 e. The lowest BCUT2D eigenvalue weighted by Gasteiger charge is -1.99. The minimum absolute atomic E-state index is 0.750. The molecule has 0 aliphatic heterocycles. The third-order valence-corrected chi connectivity index (χ3v) is 2.02. The summed E-state index contributed by atoms with van der Waals surface area (Å²) in [7, 11) is 0. The van der Waals surface area contributed by atoms with Gasteiger partial charge in [0.05, 0.1) is 17.4 Å². The minimum atomic E-state index is 0.750. The molecular weight excluding hydrogens is 160 g/mol. The Morgan fingerprint density at radius 1 is 1.38 bits per heavy atom. The van der Waals surface area contributed by atoms with E-state index in [-0.39, 0.29) is 0 Å². The van der Waals surface area contributed by atoms with Gasteiger partial charge in [-0.05, 0) is 12.1 Å². The quantitative estimate of drug-likeness (QED) is 0.631. The zero-order valence-electron chi connectivity index (χ0n) is 7.27. The molecule has 64 valence electrons. The number of hydrogen-bond donors (Lipinski definition) is 0. The van der Waals surface area contributed by atoms with Crippen LogP contribution in [-0.2, 0) is 6.54 Å². The first-order valence-electron chi connectivity index (χ1n) is 4.25. The number of fused-ring (bicyclic) bond motifs is 1. The maximum Gasteiger partial charge on any atom is 0.0958 e. The van der Waals surface area contributed by atoms with Crippen molar-refractivity contribution in [3.05, 3.63) is 30.6 Å². The highest BCUT2D eigenvalue weighted by atomic mass is 15.0. The fraction of sp³-hybridized carbons (Fsp3) is 0.182. The van der Waals surface area contributed by atoms with Crippen molar-refractivity contribution in [3.8, 4) is 12.3 Å². The molecule has 0 bridgehead atoms. The molecule has 2 aromatic rings. The van der Waals surface area contributed by atoms with Crippen molar-refractivity contribution in [2.24, 2.45) is 0 Å². The van der Waals surface area contributed by atoms with E-state index in [0.29, 0.717) is 0 Å². The summed E-state index contributed by atoms with van der Waals surface area (Å²) in [5, 5.41) is 0. The van der Waals surface area contributed by atoms with Gasteiger partial charge in [0.1, 0.15) is 0 Å². The molecule has 1 aromatic carbocycles. The van der Waals surface area contributed by atoms with Gasteiger partial charge in [0, 0.05) is 13.0 Å². The number of nitrogens with zero attached hydrogens (tertiary/aromatic N) is 2. The minimum Gasteiger partial charge on any atom is -0.330 e. The van der Waals surface area contributed by atoms with Crippen LogP contribution < -0.4 is 0 Å². The molecule has 2 heteroatoms. The molecule has 1 aromatic heterocycles. The van der Waals surface area contributed by atoms with Gasteiger partial charge in [-0.1, -0.05) is 12.1 Å². The van der Waals surface area contributed by atoms with E-state index in [1.165, 1.54) is 0 Å². The molecule has 0 radical (unpaired) electrons. The number of hydrogen-bond acceptors (Lipinski definition) is 1. The topological polar surface area (TPSA) is 17.8 Å². The molecular formula is C11H10N2. The SMILES string of the molecule is C#CCCn1cnc2ccccc21. The first-order valence-corrected chi connectivity index (χ1v) is 4.25. The van der Waals surface area contributed by atoms with Gasteiger partial charge in [0.2, 0.25) is 0 Å². The van der Waals surface area contributed by atoms with Crippen molar-refractivity contribution in [2.75, 3.05) is 0 Å². The van der Waals surface area contributed by atoms with Gasteiger partial charge in [-0.2, -0.15) is 0 Å². The summed E-state index contributed by atoms with van der Waals surface area (Å²) in [6.07, 6.45) is 7.79. The molecule has 0 spiro atoms. The lowest BCUT2D eigenvalue weighted by molar-refractivity contribution is 0.741. The second-order valence-corrected chi connectivity index (χ2v) is 2.88. The van der Waals surface area contributed by atoms with Gasteiger partial charge < -0.3 is 4.57 Å². The van der Waals surface area contributed by atoms with Gasteiger partial charge in [-0.25, -0.2) is 4.98 Å². The van der Waals surface area contributed by atoms with Crippen LogP contribution in [0.25, 0.3) is 11.0 Å². The summed E-state index contributed by atoms with van der Waals surface area (Å²) in [6, 6.07) is 8.05. The van der Waals surface area contributed by atoms with E-state index in [1.807, 2.05) is 24.5 Å². The van der Waals surface area contributed by atoms with Crippen LogP contribution in [0.5, 0.6) is 0 Å². The number of benzene rings is 1. The molecule has 2 nitrogen and oxygen atoms in total. The maximum absolute atomic E-state index is 5.21. The highest BCUT2D eigenvalue weighted by Crippen LogP contribution is 2.11. The molecule has 1 heterocycles.